The van der Waals surface area contributed by atoms with Gasteiger partial charge in [0.05, 0.1) is 0 Å². The minimum absolute atomic E-state index is 0.0216. The van der Waals surface area contributed by atoms with Gasteiger partial charge in [0.1, 0.15) is 12.6 Å². The van der Waals surface area contributed by atoms with E-state index in [2.05, 4.69) is 34.9 Å². The van der Waals surface area contributed by atoms with E-state index in [1.54, 1.807) is 20.8 Å². The highest BCUT2D eigenvalue weighted by Crippen LogP contribution is 2.44. The molecule has 2 atom stereocenters. The third kappa shape index (κ3) is 6.84. The normalized spacial score (nSPS) is 14.4. The number of rotatable bonds is 10. The van der Waals surface area contributed by atoms with Crippen molar-refractivity contribution in [3.63, 3.8) is 0 Å². The summed E-state index contributed by atoms with van der Waals surface area (Å²) in [5, 5.41) is 14.8. The van der Waals surface area contributed by atoms with Crippen LogP contribution >= 0.6 is 0 Å². The highest BCUT2D eigenvalue weighted by molar-refractivity contribution is 5.84. The van der Waals surface area contributed by atoms with Crippen molar-refractivity contribution >= 4 is 18.0 Å². The van der Waals surface area contributed by atoms with E-state index in [-0.39, 0.29) is 30.8 Å². The van der Waals surface area contributed by atoms with Crippen LogP contribution in [-0.2, 0) is 14.3 Å². The number of fused-ring (bicyclic) bond motifs is 3. The Morgan fingerprint density at radius 2 is 1.54 bits per heavy atom. The predicted molar refractivity (Wildman–Crippen MR) is 135 cm³/mol. The molecule has 0 saturated carbocycles. The van der Waals surface area contributed by atoms with Gasteiger partial charge in [0.25, 0.3) is 0 Å². The van der Waals surface area contributed by atoms with Crippen LogP contribution in [0.1, 0.15) is 64.0 Å². The van der Waals surface area contributed by atoms with Gasteiger partial charge in [-0.25, -0.2) is 9.59 Å². The molecule has 0 aromatic heterocycles. The number of carbonyl (C=O) groups excluding carboxylic acids is 2. The van der Waals surface area contributed by atoms with Crippen molar-refractivity contribution in [1.82, 2.24) is 10.6 Å². The molecule has 0 aliphatic heterocycles. The quantitative estimate of drug-likeness (QED) is 0.446. The number of hydrogen-bond donors (Lipinski definition) is 3. The molecule has 35 heavy (non-hydrogen) atoms. The van der Waals surface area contributed by atoms with Gasteiger partial charge in [-0.3, -0.25) is 4.79 Å². The minimum atomic E-state index is -1.04. The Balaban J connectivity index is 1.39. The van der Waals surface area contributed by atoms with E-state index >= 15 is 0 Å². The third-order valence-electron chi connectivity index (χ3n) is 6.53. The zero-order chi connectivity index (χ0) is 25.6. The number of aliphatic carboxylic acids is 1. The lowest BCUT2D eigenvalue weighted by Gasteiger charge is -2.27. The van der Waals surface area contributed by atoms with Gasteiger partial charge in [-0.05, 0) is 46.4 Å². The van der Waals surface area contributed by atoms with Crippen molar-refractivity contribution < 1.29 is 24.2 Å². The van der Waals surface area contributed by atoms with Crippen LogP contribution < -0.4 is 10.6 Å². The summed E-state index contributed by atoms with van der Waals surface area (Å²) in [6.07, 6.45) is 1.09. The second-order valence-corrected chi connectivity index (χ2v) is 10.4. The zero-order valence-corrected chi connectivity index (χ0v) is 21.0. The van der Waals surface area contributed by atoms with Crippen LogP contribution in [0.2, 0.25) is 0 Å². The number of alkyl carbamates (subject to hydrolysis) is 1. The van der Waals surface area contributed by atoms with E-state index in [0.29, 0.717) is 19.4 Å². The van der Waals surface area contributed by atoms with E-state index in [9.17, 15) is 19.5 Å². The molecule has 1 aliphatic rings. The van der Waals surface area contributed by atoms with Crippen LogP contribution in [0.4, 0.5) is 4.79 Å². The summed E-state index contributed by atoms with van der Waals surface area (Å²) >= 11 is 0. The van der Waals surface area contributed by atoms with Crippen LogP contribution in [-0.4, -0.2) is 42.3 Å². The number of carbonyl (C=O) groups is 3. The van der Waals surface area contributed by atoms with Gasteiger partial charge in [-0.15, -0.1) is 0 Å². The van der Waals surface area contributed by atoms with Crippen LogP contribution in [0.3, 0.4) is 0 Å². The van der Waals surface area contributed by atoms with Gasteiger partial charge in [0.15, 0.2) is 0 Å². The van der Waals surface area contributed by atoms with E-state index in [1.807, 2.05) is 31.2 Å². The van der Waals surface area contributed by atoms with Crippen LogP contribution in [0.25, 0.3) is 11.1 Å². The first kappa shape index (κ1) is 26.3. The fraction of sp³-hybridized carbons (Fsp3) is 0.464. The molecular formula is C28H36N2O5. The Kier molecular flexibility index (Phi) is 8.54. The van der Waals surface area contributed by atoms with Crippen LogP contribution in [0.5, 0.6) is 0 Å². The molecule has 1 aliphatic carbocycles. The van der Waals surface area contributed by atoms with E-state index < -0.39 is 23.5 Å². The highest BCUT2D eigenvalue weighted by Gasteiger charge is 2.32. The number of carboxylic acids is 1. The Labute approximate surface area is 207 Å². The molecule has 2 aromatic carbocycles. The largest absolute Gasteiger partial charge is 0.480 e. The van der Waals surface area contributed by atoms with E-state index in [0.717, 1.165) is 0 Å². The maximum absolute atomic E-state index is 12.3. The van der Waals surface area contributed by atoms with Gasteiger partial charge in [-0.1, -0.05) is 76.2 Å². The number of ether oxygens (including phenoxy) is 1. The van der Waals surface area contributed by atoms with Gasteiger partial charge in [0, 0.05) is 18.9 Å². The van der Waals surface area contributed by atoms with E-state index in [4.69, 9.17) is 4.74 Å². The summed E-state index contributed by atoms with van der Waals surface area (Å²) in [5.41, 5.74) is 4.15. The molecule has 1 unspecified atom stereocenters. The van der Waals surface area contributed by atoms with Gasteiger partial charge >= 0.3 is 12.1 Å². The third-order valence-corrected chi connectivity index (χ3v) is 6.53. The standard InChI is InChI=1S/C28H36N2O5/c1-18(13-14-24(31)30-25(26(32)33)28(2,3)4)15-16-29-27(34)35-17-23-21-11-7-5-9-19(21)20-10-6-8-12-22(20)23/h5-12,18,23,25H,13-17H2,1-4H3,(H,29,34)(H,30,31)(H,32,33)/t18?,25-/m1/s1. The van der Waals surface area contributed by atoms with Crippen molar-refractivity contribution in [2.45, 2.75) is 58.9 Å². The van der Waals surface area contributed by atoms with Crippen molar-refractivity contribution in [1.29, 1.82) is 0 Å². The second kappa shape index (κ2) is 11.4. The van der Waals surface area contributed by atoms with Crippen molar-refractivity contribution in [2.75, 3.05) is 13.2 Å². The maximum Gasteiger partial charge on any atom is 0.407 e. The average molecular weight is 481 g/mol. The lowest BCUT2D eigenvalue weighted by molar-refractivity contribution is -0.145. The molecule has 0 heterocycles. The number of benzene rings is 2. The van der Waals surface area contributed by atoms with Gasteiger partial charge in [0.2, 0.25) is 5.91 Å². The second-order valence-electron chi connectivity index (χ2n) is 10.4. The van der Waals surface area contributed by atoms with Crippen LogP contribution in [0, 0.1) is 11.3 Å². The lowest BCUT2D eigenvalue weighted by atomic mass is 9.86. The molecule has 0 bridgehead atoms. The monoisotopic (exact) mass is 480 g/mol. The molecule has 188 valence electrons. The molecule has 7 nitrogen and oxygen atoms in total. The average Bonchev–Trinajstić information content (AvgIpc) is 3.12. The molecular weight excluding hydrogens is 444 g/mol. The predicted octanol–water partition coefficient (Wildman–Crippen LogP) is 4.95. The van der Waals surface area contributed by atoms with E-state index in [1.165, 1.54) is 22.3 Å². The molecule has 0 saturated heterocycles. The fourth-order valence-corrected chi connectivity index (χ4v) is 4.47. The molecule has 0 spiro atoms. The summed E-state index contributed by atoms with van der Waals surface area (Å²) in [6.45, 7) is 8.06. The molecule has 3 N–H and O–H groups in total. The molecule has 2 amide bonds. The fourth-order valence-electron chi connectivity index (χ4n) is 4.47. The zero-order valence-electron chi connectivity index (χ0n) is 21.0. The molecule has 0 radical (unpaired) electrons. The highest BCUT2D eigenvalue weighted by atomic mass is 16.5. The molecule has 7 heteroatoms. The first-order valence-corrected chi connectivity index (χ1v) is 12.2. The summed E-state index contributed by atoms with van der Waals surface area (Å²) in [6, 6.07) is 15.5. The SMILES string of the molecule is CC(CCNC(=O)OCC1c2ccccc2-c2ccccc21)CCC(=O)N[C@H](C(=O)O)C(C)(C)C. The number of hydrogen-bond acceptors (Lipinski definition) is 4. The van der Waals surface area contributed by atoms with Crippen molar-refractivity contribution in [3.8, 4) is 11.1 Å². The van der Waals surface area contributed by atoms with Gasteiger partial charge < -0.3 is 20.5 Å². The Bertz CT molecular complexity index is 1010. The number of amides is 2. The topological polar surface area (TPSA) is 105 Å². The first-order valence-electron chi connectivity index (χ1n) is 12.2. The van der Waals surface area contributed by atoms with Crippen molar-refractivity contribution in [3.05, 3.63) is 59.7 Å². The Morgan fingerprint density at radius 3 is 2.09 bits per heavy atom. The molecule has 0 fully saturated rings. The summed E-state index contributed by atoms with van der Waals surface area (Å²) in [5.74, 6) is -1.10. The summed E-state index contributed by atoms with van der Waals surface area (Å²) in [7, 11) is 0. The summed E-state index contributed by atoms with van der Waals surface area (Å²) < 4.78 is 5.55. The lowest BCUT2D eigenvalue weighted by Crippen LogP contribution is -2.49. The smallest absolute Gasteiger partial charge is 0.407 e. The number of nitrogens with one attached hydrogen (secondary N) is 2. The molecule has 2 aromatic rings. The minimum Gasteiger partial charge on any atom is -0.480 e. The van der Waals surface area contributed by atoms with Crippen LogP contribution in [0.15, 0.2) is 48.5 Å². The molecule has 3 rings (SSSR count). The Hall–Kier alpha value is -3.35. The van der Waals surface area contributed by atoms with Gasteiger partial charge in [-0.2, -0.15) is 0 Å². The van der Waals surface area contributed by atoms with Crippen molar-refractivity contribution in [2.24, 2.45) is 11.3 Å². The number of carboxylic acid groups (broad SMARTS) is 1. The summed E-state index contributed by atoms with van der Waals surface area (Å²) in [4.78, 5) is 35.9. The Morgan fingerprint density at radius 1 is 0.971 bits per heavy atom. The first-order chi connectivity index (χ1) is 16.6. The maximum atomic E-state index is 12.3.